The quantitative estimate of drug-likeness (QED) is 0.307. The number of fused-ring (bicyclic) bond motifs is 3. The minimum atomic E-state index is -1.61. The van der Waals surface area contributed by atoms with Crippen molar-refractivity contribution in [1.29, 1.82) is 0 Å². The molecular weight excluding hydrogens is 569 g/mol. The molecule has 3 aromatic heterocycles. The maximum atomic E-state index is 13.9. The third-order valence-corrected chi connectivity index (χ3v) is 7.97. The highest BCUT2D eigenvalue weighted by Crippen LogP contribution is 2.32. The van der Waals surface area contributed by atoms with E-state index in [1.54, 1.807) is 36.0 Å². The third kappa shape index (κ3) is 4.66. The van der Waals surface area contributed by atoms with Gasteiger partial charge in [0.1, 0.15) is 27.5 Å². The molecule has 4 heterocycles. The molecule has 13 heteroatoms. The van der Waals surface area contributed by atoms with Crippen molar-refractivity contribution in [2.75, 3.05) is 11.2 Å². The summed E-state index contributed by atoms with van der Waals surface area (Å²) in [6.45, 7) is 4.70. The summed E-state index contributed by atoms with van der Waals surface area (Å²) < 4.78 is 31.1. The van der Waals surface area contributed by atoms with Gasteiger partial charge in [0, 0.05) is 32.0 Å². The summed E-state index contributed by atoms with van der Waals surface area (Å²) in [5, 5.41) is 5.19. The van der Waals surface area contributed by atoms with Crippen molar-refractivity contribution in [3.05, 3.63) is 91.7 Å². The Morgan fingerprint density at radius 3 is 2.61 bits per heavy atom. The van der Waals surface area contributed by atoms with Crippen LogP contribution in [-0.4, -0.2) is 40.7 Å². The van der Waals surface area contributed by atoms with Crippen LogP contribution in [0.1, 0.15) is 45.7 Å². The number of anilines is 1. The second-order valence-electron chi connectivity index (χ2n) is 10.2. The predicted molar refractivity (Wildman–Crippen MR) is 156 cm³/mol. The number of amides is 1. The number of carbonyl (C=O) groups is 1. The Morgan fingerprint density at radius 1 is 1.10 bits per heavy atom. The summed E-state index contributed by atoms with van der Waals surface area (Å²) in [6, 6.07) is 11.3. The molecule has 0 spiro atoms. The first-order valence-corrected chi connectivity index (χ1v) is 14.7. The molecular formula is C28H25ClFN7O3S. The summed E-state index contributed by atoms with van der Waals surface area (Å²) in [6.07, 6.45) is 1.35. The molecule has 41 heavy (non-hydrogen) atoms. The minimum Gasteiger partial charge on any atom is -0.333 e. The molecule has 0 saturated heterocycles. The van der Waals surface area contributed by atoms with Crippen molar-refractivity contribution in [3.8, 4) is 0 Å². The van der Waals surface area contributed by atoms with Crippen molar-refractivity contribution >= 4 is 56.4 Å². The molecule has 2 atom stereocenters. The lowest BCUT2D eigenvalue weighted by Gasteiger charge is -2.22. The number of carbonyl (C=O) groups excluding carboxylic acids is 1. The fraction of sp³-hybridized carbons (Fsp3) is 0.250. The Labute approximate surface area is 241 Å². The van der Waals surface area contributed by atoms with Crippen LogP contribution in [0.3, 0.4) is 0 Å². The zero-order chi connectivity index (χ0) is 29.2. The van der Waals surface area contributed by atoms with Gasteiger partial charge in [0.25, 0.3) is 11.5 Å². The number of halogens is 2. The van der Waals surface area contributed by atoms with Gasteiger partial charge >= 0.3 is 0 Å². The lowest BCUT2D eigenvalue weighted by Crippen LogP contribution is -2.28. The van der Waals surface area contributed by atoms with Gasteiger partial charge in [-0.05, 0) is 60.9 Å². The van der Waals surface area contributed by atoms with E-state index >= 15 is 0 Å². The molecule has 0 fully saturated rings. The van der Waals surface area contributed by atoms with E-state index in [1.807, 2.05) is 24.8 Å². The number of rotatable bonds is 5. The predicted octanol–water partition coefficient (Wildman–Crippen LogP) is 3.93. The lowest BCUT2D eigenvalue weighted by atomic mass is 10.0. The molecule has 1 aliphatic heterocycles. The number of aryl methyl sites for hydroxylation is 1. The van der Waals surface area contributed by atoms with Gasteiger partial charge in [-0.3, -0.25) is 23.6 Å². The summed E-state index contributed by atoms with van der Waals surface area (Å²) in [5.41, 5.74) is 4.45. The fourth-order valence-corrected chi connectivity index (χ4v) is 5.91. The van der Waals surface area contributed by atoms with Gasteiger partial charge in [0.15, 0.2) is 5.69 Å². The molecule has 6 rings (SSSR count). The Bertz CT molecular complexity index is 1990. The number of nitrogens with zero attached hydrogens (tertiary/aromatic N) is 6. The van der Waals surface area contributed by atoms with Gasteiger partial charge in [-0.25, -0.2) is 18.6 Å². The highest BCUT2D eigenvalue weighted by molar-refractivity contribution is 7.82. The summed E-state index contributed by atoms with van der Waals surface area (Å²) in [7, 11) is 0.0680. The van der Waals surface area contributed by atoms with Gasteiger partial charge in [-0.1, -0.05) is 23.7 Å². The van der Waals surface area contributed by atoms with Crippen LogP contribution in [0.25, 0.3) is 21.9 Å². The van der Waals surface area contributed by atoms with Gasteiger partial charge in [0.05, 0.1) is 22.5 Å². The van der Waals surface area contributed by atoms with E-state index in [0.29, 0.717) is 41.0 Å². The molecule has 210 valence electrons. The number of hydrogen-bond donors (Lipinski definition) is 1. The molecule has 1 amide bonds. The highest BCUT2D eigenvalue weighted by atomic mass is 35.5. The summed E-state index contributed by atoms with van der Waals surface area (Å²) >= 11 is 6.15. The van der Waals surface area contributed by atoms with Crippen LogP contribution < -0.4 is 15.2 Å². The van der Waals surface area contributed by atoms with Crippen molar-refractivity contribution in [2.24, 2.45) is 7.05 Å². The molecule has 1 aliphatic rings. The van der Waals surface area contributed by atoms with Crippen molar-refractivity contribution < 1.29 is 13.4 Å². The van der Waals surface area contributed by atoms with Crippen LogP contribution in [0.15, 0.2) is 47.3 Å². The summed E-state index contributed by atoms with van der Waals surface area (Å²) in [5.74, 6) is -0.497. The standard InChI is InChI=1S/C28H25ClFN7O3S/c1-14-9-19(15(2)37-21-7-8-22(29)31-24(21)25(33-37)26(38)34-41(4)40)23-20(10-14)27(39)35(3)28(32-23)36-12-16-5-6-18(30)11-17(16)13-36/h5-11,15H,12-13H2,1-4H3,(H,34,38). The Balaban J connectivity index is 1.52. The first-order chi connectivity index (χ1) is 19.5. The highest BCUT2D eigenvalue weighted by Gasteiger charge is 2.27. The van der Waals surface area contributed by atoms with E-state index in [-0.39, 0.29) is 27.7 Å². The molecule has 2 aromatic carbocycles. The second-order valence-corrected chi connectivity index (χ2v) is 11.7. The Hall–Kier alpha value is -4.16. The largest absolute Gasteiger partial charge is 0.333 e. The zero-order valence-corrected chi connectivity index (χ0v) is 24.2. The number of aromatic nitrogens is 5. The van der Waals surface area contributed by atoms with Crippen molar-refractivity contribution in [2.45, 2.75) is 33.0 Å². The molecule has 0 radical (unpaired) electrons. The Kier molecular flexibility index (Phi) is 6.62. The van der Waals surface area contributed by atoms with Gasteiger partial charge < -0.3 is 4.90 Å². The first-order valence-electron chi connectivity index (χ1n) is 12.7. The minimum absolute atomic E-state index is 0.0202. The SMILES string of the molecule is Cc1cc(C(C)n2nc(C(=O)NS(C)=O)c3nc(Cl)ccc32)c2nc(N3Cc4ccc(F)cc4C3)n(C)c(=O)c2c1. The van der Waals surface area contributed by atoms with E-state index in [9.17, 15) is 18.2 Å². The maximum Gasteiger partial charge on any atom is 0.285 e. The van der Waals surface area contributed by atoms with E-state index in [0.717, 1.165) is 16.7 Å². The molecule has 0 bridgehead atoms. The van der Waals surface area contributed by atoms with Crippen LogP contribution in [0, 0.1) is 12.7 Å². The van der Waals surface area contributed by atoms with E-state index in [2.05, 4.69) is 14.8 Å². The summed E-state index contributed by atoms with van der Waals surface area (Å²) in [4.78, 5) is 37.8. The van der Waals surface area contributed by atoms with Crippen LogP contribution in [-0.2, 0) is 31.1 Å². The lowest BCUT2D eigenvalue weighted by molar-refractivity contribution is 0.0978. The molecule has 5 aromatic rings. The molecule has 0 saturated carbocycles. The van der Waals surface area contributed by atoms with Gasteiger partial charge in [-0.2, -0.15) is 5.10 Å². The molecule has 10 nitrogen and oxygen atoms in total. The fourth-order valence-electron chi connectivity index (χ4n) is 5.40. The third-order valence-electron chi connectivity index (χ3n) is 7.29. The van der Waals surface area contributed by atoms with E-state index < -0.39 is 22.9 Å². The van der Waals surface area contributed by atoms with Gasteiger partial charge in [-0.15, -0.1) is 0 Å². The van der Waals surface area contributed by atoms with E-state index in [1.165, 1.54) is 23.0 Å². The monoisotopic (exact) mass is 593 g/mol. The Morgan fingerprint density at radius 2 is 1.85 bits per heavy atom. The second kappa shape index (κ2) is 10.0. The number of hydrogen-bond acceptors (Lipinski definition) is 7. The molecule has 1 N–H and O–H groups in total. The first kappa shape index (κ1) is 27.0. The topological polar surface area (TPSA) is 115 Å². The maximum absolute atomic E-state index is 13.9. The van der Waals surface area contributed by atoms with Crippen LogP contribution in [0.4, 0.5) is 10.3 Å². The van der Waals surface area contributed by atoms with Crippen LogP contribution in [0.2, 0.25) is 5.15 Å². The smallest absolute Gasteiger partial charge is 0.285 e. The zero-order valence-electron chi connectivity index (χ0n) is 22.6. The average molecular weight is 594 g/mol. The van der Waals surface area contributed by atoms with Crippen LogP contribution >= 0.6 is 11.6 Å². The number of nitrogens with one attached hydrogen (secondary N) is 1. The average Bonchev–Trinajstić information content (AvgIpc) is 3.50. The van der Waals surface area contributed by atoms with E-state index in [4.69, 9.17) is 16.6 Å². The van der Waals surface area contributed by atoms with Crippen molar-refractivity contribution in [1.82, 2.24) is 29.0 Å². The number of pyridine rings is 1. The van der Waals surface area contributed by atoms with Gasteiger partial charge in [0.2, 0.25) is 5.95 Å². The molecule has 0 aliphatic carbocycles. The normalized spacial score (nSPS) is 14.4. The molecule has 2 unspecified atom stereocenters. The van der Waals surface area contributed by atoms with Crippen molar-refractivity contribution in [3.63, 3.8) is 0 Å². The van der Waals surface area contributed by atoms with Crippen LogP contribution in [0.5, 0.6) is 0 Å². The number of benzene rings is 2.